The van der Waals surface area contributed by atoms with Gasteiger partial charge in [0.2, 0.25) is 17.7 Å². The van der Waals surface area contributed by atoms with Gasteiger partial charge in [0.1, 0.15) is 18.1 Å². The van der Waals surface area contributed by atoms with Crippen molar-refractivity contribution in [3.63, 3.8) is 0 Å². The second kappa shape index (κ2) is 17.1. The first-order valence-corrected chi connectivity index (χ1v) is 11.3. The zero-order valence-corrected chi connectivity index (χ0v) is 19.4. The summed E-state index contributed by atoms with van der Waals surface area (Å²) in [6.07, 6.45) is 2.28. The first-order valence-electron chi connectivity index (χ1n) is 10.7. The number of carboxylic acids is 2. The topological polar surface area (TPSA) is 240 Å². The number of carboxylic acid groups (broad SMARTS) is 2. The minimum atomic E-state index is -1.68. The Hall–Kier alpha value is -2.42. The van der Waals surface area contributed by atoms with Crippen LogP contribution in [0.25, 0.3) is 0 Å². The molecule has 0 spiro atoms. The molecule has 3 amide bonds. The summed E-state index contributed by atoms with van der Waals surface area (Å²) in [6, 6.07) is -4.78. The molecule has 0 aliphatic rings. The Kier molecular flexibility index (Phi) is 15.9. The summed E-state index contributed by atoms with van der Waals surface area (Å²) in [5.74, 6) is -5.28. The molecule has 0 aromatic carbocycles. The van der Waals surface area contributed by atoms with E-state index in [4.69, 9.17) is 27.4 Å². The van der Waals surface area contributed by atoms with Crippen LogP contribution < -0.4 is 33.2 Å². The highest BCUT2D eigenvalue weighted by Gasteiger charge is 2.30. The molecule has 0 saturated heterocycles. The summed E-state index contributed by atoms with van der Waals surface area (Å²) >= 11 is 4.00. The van der Waals surface area contributed by atoms with E-state index in [-0.39, 0.29) is 12.2 Å². The number of carbonyl (C=O) groups excluding carboxylic acids is 3. The fourth-order valence-corrected chi connectivity index (χ4v) is 3.05. The molecule has 0 saturated carbocycles. The van der Waals surface area contributed by atoms with E-state index >= 15 is 0 Å². The molecule has 0 aliphatic carbocycles. The Morgan fingerprint density at radius 2 is 1.21 bits per heavy atom. The normalized spacial score (nSPS) is 14.4. The van der Waals surface area contributed by atoms with Crippen molar-refractivity contribution in [3.05, 3.63) is 0 Å². The predicted octanol–water partition coefficient (Wildman–Crippen LogP) is -2.48. The first kappa shape index (κ1) is 30.6. The zero-order valence-electron chi connectivity index (χ0n) is 18.5. The molecule has 11 N–H and O–H groups in total. The van der Waals surface area contributed by atoms with Crippen molar-refractivity contribution in [2.75, 3.05) is 18.8 Å². The molecular formula is C19H36N6O7S. The van der Waals surface area contributed by atoms with Crippen molar-refractivity contribution in [2.24, 2.45) is 17.2 Å². The van der Waals surface area contributed by atoms with Gasteiger partial charge in [0.15, 0.2) is 0 Å². The molecule has 0 aromatic heterocycles. The Morgan fingerprint density at radius 3 is 1.70 bits per heavy atom. The lowest BCUT2D eigenvalue weighted by Crippen LogP contribution is -2.57. The maximum Gasteiger partial charge on any atom is 0.326 e. The van der Waals surface area contributed by atoms with Gasteiger partial charge in [0.05, 0.1) is 12.5 Å². The first-order chi connectivity index (χ1) is 15.6. The van der Waals surface area contributed by atoms with Crippen LogP contribution in [0.4, 0.5) is 0 Å². The third-order valence-corrected chi connectivity index (χ3v) is 5.06. The number of rotatable bonds is 18. The highest BCUT2D eigenvalue weighted by molar-refractivity contribution is 7.80. The van der Waals surface area contributed by atoms with Crippen molar-refractivity contribution in [2.45, 2.75) is 69.1 Å². The summed E-state index contributed by atoms with van der Waals surface area (Å²) in [6.45, 7) is 0.865. The average molecular weight is 493 g/mol. The number of amides is 3. The van der Waals surface area contributed by atoms with E-state index in [0.717, 1.165) is 0 Å². The van der Waals surface area contributed by atoms with Gasteiger partial charge in [-0.15, -0.1) is 0 Å². The van der Waals surface area contributed by atoms with Crippen LogP contribution in [0, 0.1) is 0 Å². The molecule has 0 rings (SSSR count). The van der Waals surface area contributed by atoms with Crippen LogP contribution in [0.3, 0.4) is 0 Å². The molecule has 0 heterocycles. The van der Waals surface area contributed by atoms with E-state index in [1.807, 2.05) is 0 Å². The molecule has 4 atom stereocenters. The van der Waals surface area contributed by atoms with Crippen LogP contribution in [-0.2, 0) is 24.0 Å². The number of nitrogens with two attached hydrogens (primary N) is 3. The van der Waals surface area contributed by atoms with Gasteiger partial charge in [-0.3, -0.25) is 19.2 Å². The largest absolute Gasteiger partial charge is 0.481 e. The molecule has 14 heteroatoms. The number of hydrogen-bond acceptors (Lipinski definition) is 9. The van der Waals surface area contributed by atoms with Crippen LogP contribution in [0.15, 0.2) is 0 Å². The van der Waals surface area contributed by atoms with E-state index in [1.165, 1.54) is 0 Å². The summed E-state index contributed by atoms with van der Waals surface area (Å²) in [7, 11) is 0. The number of thiol groups is 1. The lowest BCUT2D eigenvalue weighted by molar-refractivity contribution is -0.147. The molecule has 13 nitrogen and oxygen atoms in total. The van der Waals surface area contributed by atoms with Gasteiger partial charge in [-0.25, -0.2) is 4.79 Å². The zero-order chi connectivity index (χ0) is 25.4. The quantitative estimate of drug-likeness (QED) is 0.0720. The minimum absolute atomic E-state index is 0.195. The van der Waals surface area contributed by atoms with Crippen molar-refractivity contribution in [1.29, 1.82) is 0 Å². The molecular weight excluding hydrogens is 456 g/mol. The molecule has 0 aliphatic heterocycles. The van der Waals surface area contributed by atoms with Crippen LogP contribution in [-0.4, -0.2) is 82.9 Å². The van der Waals surface area contributed by atoms with Crippen molar-refractivity contribution in [1.82, 2.24) is 16.0 Å². The van der Waals surface area contributed by atoms with Crippen LogP contribution in [0.5, 0.6) is 0 Å². The van der Waals surface area contributed by atoms with Gasteiger partial charge in [0.25, 0.3) is 0 Å². The predicted molar refractivity (Wildman–Crippen MR) is 123 cm³/mol. The summed E-state index contributed by atoms with van der Waals surface area (Å²) in [5, 5.41) is 24.9. The number of hydrogen-bond donors (Lipinski definition) is 9. The van der Waals surface area contributed by atoms with E-state index in [2.05, 4.69) is 28.6 Å². The van der Waals surface area contributed by atoms with Gasteiger partial charge in [-0.05, 0) is 45.2 Å². The number of nitrogens with one attached hydrogen (secondary N) is 3. The molecule has 190 valence electrons. The van der Waals surface area contributed by atoms with Gasteiger partial charge < -0.3 is 43.4 Å². The average Bonchev–Trinajstić information content (AvgIpc) is 2.75. The monoisotopic (exact) mass is 492 g/mol. The number of aliphatic carboxylic acids is 2. The highest BCUT2D eigenvalue weighted by Crippen LogP contribution is 2.05. The Morgan fingerprint density at radius 1 is 0.727 bits per heavy atom. The Labute approximate surface area is 198 Å². The third kappa shape index (κ3) is 13.0. The minimum Gasteiger partial charge on any atom is -0.481 e. The van der Waals surface area contributed by atoms with Crippen molar-refractivity contribution < 1.29 is 34.2 Å². The van der Waals surface area contributed by atoms with Gasteiger partial charge in [-0.1, -0.05) is 6.42 Å². The van der Waals surface area contributed by atoms with Gasteiger partial charge in [0, 0.05) is 5.75 Å². The maximum atomic E-state index is 12.8. The van der Waals surface area contributed by atoms with Crippen LogP contribution >= 0.6 is 12.6 Å². The van der Waals surface area contributed by atoms with Crippen LogP contribution in [0.2, 0.25) is 0 Å². The summed E-state index contributed by atoms with van der Waals surface area (Å²) in [4.78, 5) is 59.6. The third-order valence-electron chi connectivity index (χ3n) is 4.69. The summed E-state index contributed by atoms with van der Waals surface area (Å²) in [5.41, 5.74) is 16.8. The standard InChI is InChI=1S/C19H36N6O7S/c20-7-3-1-5-11(22)16(28)23-12(6-2-4-8-21)17(29)25-14(10-33)18(30)24-13(19(31)32)9-15(26)27/h11-14,33H,1-10,20-22H2,(H,23,28)(H,24,30)(H,25,29)(H,26,27)(H,31,32). The summed E-state index contributed by atoms with van der Waals surface area (Å²) < 4.78 is 0. The van der Waals surface area contributed by atoms with E-state index in [9.17, 15) is 24.0 Å². The second-order valence-corrected chi connectivity index (χ2v) is 7.84. The second-order valence-electron chi connectivity index (χ2n) is 7.48. The van der Waals surface area contributed by atoms with E-state index in [1.54, 1.807) is 0 Å². The van der Waals surface area contributed by atoms with Gasteiger partial charge >= 0.3 is 11.9 Å². The van der Waals surface area contributed by atoms with Crippen molar-refractivity contribution >= 4 is 42.3 Å². The lowest BCUT2D eigenvalue weighted by atomic mass is 10.1. The number of unbranched alkanes of at least 4 members (excludes halogenated alkanes) is 2. The molecule has 33 heavy (non-hydrogen) atoms. The van der Waals surface area contributed by atoms with Gasteiger partial charge in [-0.2, -0.15) is 12.6 Å². The van der Waals surface area contributed by atoms with E-state index < -0.39 is 60.2 Å². The molecule has 0 aromatic rings. The molecule has 0 radical (unpaired) electrons. The fourth-order valence-electron chi connectivity index (χ4n) is 2.79. The SMILES string of the molecule is NCCCCC(N)C(=O)NC(CCCCN)C(=O)NC(CS)C(=O)NC(CC(=O)O)C(=O)O. The lowest BCUT2D eigenvalue weighted by Gasteiger charge is -2.24. The van der Waals surface area contributed by atoms with E-state index in [0.29, 0.717) is 45.2 Å². The Bertz CT molecular complexity index is 667. The van der Waals surface area contributed by atoms with Crippen LogP contribution in [0.1, 0.15) is 44.9 Å². The molecule has 0 bridgehead atoms. The molecule has 4 unspecified atom stereocenters. The Balaban J connectivity index is 5.19. The smallest absolute Gasteiger partial charge is 0.326 e. The highest BCUT2D eigenvalue weighted by atomic mass is 32.1. The fraction of sp³-hybridized carbons (Fsp3) is 0.737. The number of carbonyl (C=O) groups is 5. The maximum absolute atomic E-state index is 12.8. The molecule has 0 fully saturated rings. The van der Waals surface area contributed by atoms with Crippen molar-refractivity contribution in [3.8, 4) is 0 Å².